The molecular weight excluding hydrogens is 304 g/mol. The Morgan fingerprint density at radius 3 is 2.82 bits per heavy atom. The van der Waals surface area contributed by atoms with Crippen LogP contribution >= 0.6 is 27.3 Å². The van der Waals surface area contributed by atoms with Crippen LogP contribution < -0.4 is 11.1 Å². The number of amides is 1. The number of aryl methyl sites for hydroxylation is 1. The zero-order chi connectivity index (χ0) is 12.4. The smallest absolute Gasteiger partial charge is 0.286 e. The number of nitrogen functional groups attached to an aromatic ring is 1. The molecule has 0 saturated carbocycles. The Kier molecular flexibility index (Phi) is 3.39. The van der Waals surface area contributed by atoms with E-state index in [1.807, 2.05) is 25.1 Å². The maximum atomic E-state index is 11.7. The van der Waals surface area contributed by atoms with E-state index in [0.717, 1.165) is 21.4 Å². The van der Waals surface area contributed by atoms with Crippen LogP contribution in [-0.4, -0.2) is 16.1 Å². The minimum Gasteiger partial charge on any atom is -0.374 e. The number of carbonyl (C=O) groups is 1. The highest BCUT2D eigenvalue weighted by atomic mass is 79.9. The fourth-order valence-corrected chi connectivity index (χ4v) is 2.07. The van der Waals surface area contributed by atoms with E-state index in [9.17, 15) is 4.79 Å². The number of hydrogen-bond acceptors (Lipinski definition) is 5. The average molecular weight is 313 g/mol. The lowest BCUT2D eigenvalue weighted by atomic mass is 10.2. The van der Waals surface area contributed by atoms with Gasteiger partial charge in [-0.3, -0.25) is 4.79 Å². The van der Waals surface area contributed by atoms with Crippen LogP contribution in [-0.2, 0) is 0 Å². The van der Waals surface area contributed by atoms with Gasteiger partial charge in [0.15, 0.2) is 0 Å². The maximum Gasteiger partial charge on any atom is 0.286 e. The highest BCUT2D eigenvalue weighted by Crippen LogP contribution is 2.21. The standard InChI is InChI=1S/C10H9BrN4OS/c1-5-2-3-6(4-7(5)11)13-8(16)9-14-15-10(12)17-9/h2-4H,1H3,(H2,12,15)(H,13,16). The summed E-state index contributed by atoms with van der Waals surface area (Å²) in [5.74, 6) is -0.310. The molecule has 88 valence electrons. The number of carbonyl (C=O) groups excluding carboxylic acids is 1. The highest BCUT2D eigenvalue weighted by Gasteiger charge is 2.11. The van der Waals surface area contributed by atoms with E-state index in [4.69, 9.17) is 5.73 Å². The monoisotopic (exact) mass is 312 g/mol. The minimum atomic E-state index is -0.310. The van der Waals surface area contributed by atoms with E-state index in [0.29, 0.717) is 5.69 Å². The van der Waals surface area contributed by atoms with Gasteiger partial charge in [-0.1, -0.05) is 33.3 Å². The number of halogens is 1. The third-order valence-corrected chi connectivity index (χ3v) is 3.67. The fourth-order valence-electron chi connectivity index (χ4n) is 1.18. The van der Waals surface area contributed by atoms with Crippen LogP contribution in [0.3, 0.4) is 0 Å². The minimum absolute atomic E-state index is 0.249. The summed E-state index contributed by atoms with van der Waals surface area (Å²) in [4.78, 5) is 11.7. The van der Waals surface area contributed by atoms with Gasteiger partial charge in [0.25, 0.3) is 5.91 Å². The van der Waals surface area contributed by atoms with Crippen molar-refractivity contribution in [1.82, 2.24) is 10.2 Å². The summed E-state index contributed by atoms with van der Waals surface area (Å²) in [6.07, 6.45) is 0. The molecular formula is C10H9BrN4OS. The topological polar surface area (TPSA) is 80.9 Å². The van der Waals surface area contributed by atoms with Crippen molar-refractivity contribution in [2.75, 3.05) is 11.1 Å². The summed E-state index contributed by atoms with van der Waals surface area (Å²) < 4.78 is 0.937. The van der Waals surface area contributed by atoms with E-state index in [-0.39, 0.29) is 16.0 Å². The highest BCUT2D eigenvalue weighted by molar-refractivity contribution is 9.10. The number of rotatable bonds is 2. The normalized spacial score (nSPS) is 10.2. The summed E-state index contributed by atoms with van der Waals surface area (Å²) in [7, 11) is 0. The van der Waals surface area contributed by atoms with E-state index in [1.54, 1.807) is 0 Å². The third kappa shape index (κ3) is 2.80. The molecule has 0 fully saturated rings. The predicted molar refractivity (Wildman–Crippen MR) is 71.2 cm³/mol. The van der Waals surface area contributed by atoms with Crippen LogP contribution in [0, 0.1) is 6.92 Å². The van der Waals surface area contributed by atoms with Crippen molar-refractivity contribution in [2.45, 2.75) is 6.92 Å². The molecule has 1 aromatic carbocycles. The number of anilines is 2. The van der Waals surface area contributed by atoms with Crippen molar-refractivity contribution < 1.29 is 4.79 Å². The van der Waals surface area contributed by atoms with E-state index >= 15 is 0 Å². The molecule has 0 aliphatic rings. The Morgan fingerprint density at radius 2 is 2.24 bits per heavy atom. The van der Waals surface area contributed by atoms with Crippen molar-refractivity contribution in [3.8, 4) is 0 Å². The lowest BCUT2D eigenvalue weighted by molar-refractivity contribution is 0.102. The van der Waals surface area contributed by atoms with Crippen LogP contribution in [0.4, 0.5) is 10.8 Å². The molecule has 1 aromatic heterocycles. The summed E-state index contributed by atoms with van der Waals surface area (Å²) in [5, 5.41) is 10.5. The maximum absolute atomic E-state index is 11.7. The average Bonchev–Trinajstić information content (AvgIpc) is 2.70. The number of aromatic nitrogens is 2. The van der Waals surface area contributed by atoms with Crippen molar-refractivity contribution >= 4 is 44.0 Å². The van der Waals surface area contributed by atoms with Crippen LogP contribution in [0.25, 0.3) is 0 Å². The van der Waals surface area contributed by atoms with Gasteiger partial charge in [0.2, 0.25) is 10.1 Å². The van der Waals surface area contributed by atoms with Crippen molar-refractivity contribution in [3.05, 3.63) is 33.2 Å². The second-order valence-corrected chi connectivity index (χ2v) is 5.23. The van der Waals surface area contributed by atoms with Gasteiger partial charge < -0.3 is 11.1 Å². The zero-order valence-electron chi connectivity index (χ0n) is 8.90. The molecule has 0 spiro atoms. The first-order valence-corrected chi connectivity index (χ1v) is 6.33. The zero-order valence-corrected chi connectivity index (χ0v) is 11.3. The number of nitrogens with two attached hydrogens (primary N) is 1. The molecule has 7 heteroatoms. The Morgan fingerprint density at radius 1 is 1.47 bits per heavy atom. The fraction of sp³-hybridized carbons (Fsp3) is 0.100. The van der Waals surface area contributed by atoms with E-state index in [1.165, 1.54) is 0 Å². The van der Waals surface area contributed by atoms with E-state index < -0.39 is 0 Å². The molecule has 3 N–H and O–H groups in total. The van der Waals surface area contributed by atoms with Crippen molar-refractivity contribution in [2.24, 2.45) is 0 Å². The first-order chi connectivity index (χ1) is 8.06. The molecule has 0 atom stereocenters. The van der Waals surface area contributed by atoms with Gasteiger partial charge in [-0.05, 0) is 24.6 Å². The molecule has 0 saturated heterocycles. The van der Waals surface area contributed by atoms with Gasteiger partial charge in [0.1, 0.15) is 0 Å². The van der Waals surface area contributed by atoms with Crippen LogP contribution in [0.1, 0.15) is 15.4 Å². The first-order valence-electron chi connectivity index (χ1n) is 4.73. The Balaban J connectivity index is 2.15. The number of nitrogens with zero attached hydrogens (tertiary/aromatic N) is 2. The van der Waals surface area contributed by atoms with Gasteiger partial charge in [-0.15, -0.1) is 10.2 Å². The number of hydrogen-bond donors (Lipinski definition) is 2. The lowest BCUT2D eigenvalue weighted by Gasteiger charge is -2.04. The Bertz CT molecular complexity index is 569. The van der Waals surface area contributed by atoms with Crippen LogP contribution in [0.5, 0.6) is 0 Å². The van der Waals surface area contributed by atoms with Gasteiger partial charge in [0.05, 0.1) is 0 Å². The molecule has 5 nitrogen and oxygen atoms in total. The molecule has 0 aliphatic carbocycles. The molecule has 0 unspecified atom stereocenters. The van der Waals surface area contributed by atoms with Crippen molar-refractivity contribution in [1.29, 1.82) is 0 Å². The lowest BCUT2D eigenvalue weighted by Crippen LogP contribution is -2.11. The Hall–Kier alpha value is -1.47. The quantitative estimate of drug-likeness (QED) is 0.892. The predicted octanol–water partition coefficient (Wildman–Crippen LogP) is 2.44. The second kappa shape index (κ2) is 4.80. The molecule has 17 heavy (non-hydrogen) atoms. The Labute approximate surface area is 110 Å². The molecule has 2 aromatic rings. The largest absolute Gasteiger partial charge is 0.374 e. The summed E-state index contributed by atoms with van der Waals surface area (Å²) in [6, 6.07) is 5.56. The summed E-state index contributed by atoms with van der Waals surface area (Å²) in [6.45, 7) is 1.97. The van der Waals surface area contributed by atoms with Gasteiger partial charge >= 0.3 is 0 Å². The molecule has 1 heterocycles. The second-order valence-electron chi connectivity index (χ2n) is 3.36. The van der Waals surface area contributed by atoms with Crippen LogP contribution in [0.15, 0.2) is 22.7 Å². The van der Waals surface area contributed by atoms with Crippen LogP contribution in [0.2, 0.25) is 0 Å². The van der Waals surface area contributed by atoms with Gasteiger partial charge in [-0.2, -0.15) is 0 Å². The molecule has 1 amide bonds. The summed E-state index contributed by atoms with van der Waals surface area (Å²) in [5.41, 5.74) is 7.21. The third-order valence-electron chi connectivity index (χ3n) is 2.06. The molecule has 0 radical (unpaired) electrons. The summed E-state index contributed by atoms with van der Waals surface area (Å²) >= 11 is 4.45. The van der Waals surface area contributed by atoms with Gasteiger partial charge in [0, 0.05) is 10.2 Å². The number of benzene rings is 1. The molecule has 2 rings (SSSR count). The van der Waals surface area contributed by atoms with Gasteiger partial charge in [-0.25, -0.2) is 0 Å². The number of nitrogens with one attached hydrogen (secondary N) is 1. The van der Waals surface area contributed by atoms with E-state index in [2.05, 4.69) is 31.4 Å². The molecule has 0 aliphatic heterocycles. The SMILES string of the molecule is Cc1ccc(NC(=O)c2nnc(N)s2)cc1Br. The first kappa shape index (κ1) is 12.0. The van der Waals surface area contributed by atoms with Crippen molar-refractivity contribution in [3.63, 3.8) is 0 Å². The molecule has 0 bridgehead atoms.